The predicted molar refractivity (Wildman–Crippen MR) is 98.2 cm³/mol. The van der Waals surface area contributed by atoms with Crippen LogP contribution in [0.2, 0.25) is 0 Å². The molecule has 0 saturated carbocycles. The largest absolute Gasteiger partial charge is 0.353 e. The Morgan fingerprint density at radius 1 is 1.07 bits per heavy atom. The first-order valence-electron chi connectivity index (χ1n) is 7.91. The number of aldehydes is 1. The number of ketones is 1. The van der Waals surface area contributed by atoms with Crippen molar-refractivity contribution in [2.75, 3.05) is 5.32 Å². The molecule has 0 aliphatic carbocycles. The Morgan fingerprint density at radius 2 is 1.70 bits per heavy atom. The molecule has 1 N–H and O–H groups in total. The van der Waals surface area contributed by atoms with E-state index in [4.69, 9.17) is 0 Å². The van der Waals surface area contributed by atoms with Crippen molar-refractivity contribution in [3.05, 3.63) is 100 Å². The molecular weight excluding hydrogens is 348 g/mol. The number of anilines is 1. The van der Waals surface area contributed by atoms with Crippen molar-refractivity contribution in [2.24, 2.45) is 0 Å². The van der Waals surface area contributed by atoms with Gasteiger partial charge in [-0.1, -0.05) is 48.5 Å². The highest BCUT2D eigenvalue weighted by molar-refractivity contribution is 6.11. The van der Waals surface area contributed by atoms with Gasteiger partial charge in [-0.25, -0.2) is 4.68 Å². The molecule has 27 heavy (non-hydrogen) atoms. The molecule has 0 bridgehead atoms. The van der Waals surface area contributed by atoms with E-state index in [1.54, 1.807) is 42.5 Å². The van der Waals surface area contributed by atoms with Crippen LogP contribution in [0.5, 0.6) is 0 Å². The van der Waals surface area contributed by atoms with Crippen molar-refractivity contribution >= 4 is 17.8 Å². The molecule has 3 rings (SSSR count). The smallest absolute Gasteiger partial charge is 0.324 e. The fourth-order valence-corrected chi connectivity index (χ4v) is 2.37. The third-order valence-electron chi connectivity index (χ3n) is 3.69. The number of nitro groups is 1. The fraction of sp³-hybridized carbons (Fsp3) is 0. The van der Waals surface area contributed by atoms with E-state index in [9.17, 15) is 19.7 Å². The normalized spacial score (nSPS) is 11.0. The molecule has 134 valence electrons. The van der Waals surface area contributed by atoms with E-state index in [1.807, 2.05) is 18.2 Å². The molecule has 0 aliphatic rings. The summed E-state index contributed by atoms with van der Waals surface area (Å²) in [6.07, 6.45) is 2.58. The summed E-state index contributed by atoms with van der Waals surface area (Å²) in [4.78, 5) is 33.6. The van der Waals surface area contributed by atoms with Crippen molar-refractivity contribution < 1.29 is 14.5 Å². The maximum Gasteiger partial charge on any atom is 0.324 e. The second kappa shape index (κ2) is 7.87. The van der Waals surface area contributed by atoms with Crippen LogP contribution in [0.4, 0.5) is 5.69 Å². The number of hydrogen-bond acceptors (Lipinski definition) is 6. The molecule has 0 atom stereocenters. The zero-order chi connectivity index (χ0) is 19.2. The van der Waals surface area contributed by atoms with Gasteiger partial charge in [-0.2, -0.15) is 5.10 Å². The second-order valence-corrected chi connectivity index (χ2v) is 5.46. The molecule has 8 nitrogen and oxygen atoms in total. The summed E-state index contributed by atoms with van der Waals surface area (Å²) in [5, 5.41) is 17.8. The Bertz CT molecular complexity index is 1010. The van der Waals surface area contributed by atoms with Crippen molar-refractivity contribution in [1.29, 1.82) is 0 Å². The van der Waals surface area contributed by atoms with Gasteiger partial charge in [-0.05, 0) is 12.1 Å². The maximum atomic E-state index is 12.8. The molecule has 0 spiro atoms. The molecule has 0 amide bonds. The Morgan fingerprint density at radius 3 is 2.30 bits per heavy atom. The SMILES string of the molecule is O=C/C(=C/Nc1cn(-c2ccccc2)nc1C(=O)c1ccccc1)[N+](=O)[O-]. The summed E-state index contributed by atoms with van der Waals surface area (Å²) in [7, 11) is 0. The van der Waals surface area contributed by atoms with E-state index in [0.717, 1.165) is 6.20 Å². The zero-order valence-corrected chi connectivity index (χ0v) is 14.0. The average Bonchev–Trinajstić information content (AvgIpc) is 3.13. The van der Waals surface area contributed by atoms with Crippen molar-refractivity contribution in [3.8, 4) is 5.69 Å². The predicted octanol–water partition coefficient (Wildman–Crippen LogP) is 2.83. The lowest BCUT2D eigenvalue weighted by molar-refractivity contribution is -0.417. The highest BCUT2D eigenvalue weighted by atomic mass is 16.6. The molecule has 8 heteroatoms. The van der Waals surface area contributed by atoms with E-state index in [0.29, 0.717) is 11.3 Å². The topological polar surface area (TPSA) is 107 Å². The summed E-state index contributed by atoms with van der Waals surface area (Å²) in [6.45, 7) is 0. The summed E-state index contributed by atoms with van der Waals surface area (Å²) >= 11 is 0. The minimum Gasteiger partial charge on any atom is -0.353 e. The number of para-hydroxylation sites is 1. The minimum absolute atomic E-state index is 0.0786. The van der Waals surface area contributed by atoms with Gasteiger partial charge in [0.2, 0.25) is 12.1 Å². The van der Waals surface area contributed by atoms with Crippen LogP contribution in [0.3, 0.4) is 0 Å². The van der Waals surface area contributed by atoms with Crippen LogP contribution in [-0.2, 0) is 4.79 Å². The van der Waals surface area contributed by atoms with Gasteiger partial charge in [0.05, 0.1) is 28.7 Å². The van der Waals surface area contributed by atoms with Gasteiger partial charge >= 0.3 is 5.70 Å². The number of carbonyl (C=O) groups excluding carboxylic acids is 2. The first kappa shape index (κ1) is 17.7. The lowest BCUT2D eigenvalue weighted by Crippen LogP contribution is -2.07. The monoisotopic (exact) mass is 362 g/mol. The van der Waals surface area contributed by atoms with Crippen molar-refractivity contribution in [2.45, 2.75) is 0 Å². The molecule has 1 heterocycles. The van der Waals surface area contributed by atoms with Gasteiger partial charge in [-0.15, -0.1) is 0 Å². The van der Waals surface area contributed by atoms with Crippen molar-refractivity contribution in [1.82, 2.24) is 9.78 Å². The van der Waals surface area contributed by atoms with E-state index >= 15 is 0 Å². The maximum absolute atomic E-state index is 12.8. The lowest BCUT2D eigenvalue weighted by atomic mass is 10.1. The van der Waals surface area contributed by atoms with Gasteiger partial charge in [0.1, 0.15) is 0 Å². The number of benzene rings is 2. The Kier molecular flexibility index (Phi) is 5.17. The minimum atomic E-state index is -0.819. The summed E-state index contributed by atoms with van der Waals surface area (Å²) in [5.74, 6) is -0.352. The van der Waals surface area contributed by atoms with Gasteiger partial charge in [0.25, 0.3) is 0 Å². The number of carbonyl (C=O) groups is 2. The number of nitrogens with zero attached hydrogens (tertiary/aromatic N) is 3. The lowest BCUT2D eigenvalue weighted by Gasteiger charge is -2.01. The van der Waals surface area contributed by atoms with E-state index in [-0.39, 0.29) is 23.5 Å². The Balaban J connectivity index is 2.04. The molecule has 0 unspecified atom stereocenters. The van der Waals surface area contributed by atoms with Crippen LogP contribution in [0.25, 0.3) is 5.69 Å². The van der Waals surface area contributed by atoms with Gasteiger partial charge < -0.3 is 5.32 Å². The van der Waals surface area contributed by atoms with Crippen LogP contribution in [0.15, 0.2) is 78.8 Å². The first-order valence-corrected chi connectivity index (χ1v) is 7.91. The number of allylic oxidation sites excluding steroid dienone is 1. The molecule has 2 aromatic carbocycles. The molecular formula is C19H14N4O4. The molecule has 3 aromatic rings. The quantitative estimate of drug-likeness (QED) is 0.228. The Labute approximate surface area is 153 Å². The number of nitrogens with one attached hydrogen (secondary N) is 1. The van der Waals surface area contributed by atoms with Crippen LogP contribution in [0, 0.1) is 10.1 Å². The third kappa shape index (κ3) is 3.96. The van der Waals surface area contributed by atoms with Crippen LogP contribution in [0.1, 0.15) is 16.1 Å². The van der Waals surface area contributed by atoms with Gasteiger partial charge in [-0.3, -0.25) is 19.7 Å². The van der Waals surface area contributed by atoms with Crippen molar-refractivity contribution in [3.63, 3.8) is 0 Å². The van der Waals surface area contributed by atoms with Gasteiger partial charge in [0.15, 0.2) is 5.69 Å². The van der Waals surface area contributed by atoms with Crippen LogP contribution < -0.4 is 5.32 Å². The molecule has 1 aromatic heterocycles. The van der Waals surface area contributed by atoms with E-state index in [2.05, 4.69) is 10.4 Å². The van der Waals surface area contributed by atoms with Gasteiger partial charge in [0, 0.05) is 5.56 Å². The second-order valence-electron chi connectivity index (χ2n) is 5.46. The summed E-state index contributed by atoms with van der Waals surface area (Å²) in [6, 6.07) is 17.6. The Hall–Kier alpha value is -4.07. The molecule has 0 fully saturated rings. The summed E-state index contributed by atoms with van der Waals surface area (Å²) < 4.78 is 1.49. The van der Waals surface area contributed by atoms with Crippen LogP contribution in [-0.4, -0.2) is 26.8 Å². The fourth-order valence-electron chi connectivity index (χ4n) is 2.37. The number of aromatic nitrogens is 2. The van der Waals surface area contributed by atoms with E-state index in [1.165, 1.54) is 10.9 Å². The molecule has 0 radical (unpaired) electrons. The molecule has 0 aliphatic heterocycles. The first-order chi connectivity index (χ1) is 13.1. The average molecular weight is 362 g/mol. The van der Waals surface area contributed by atoms with E-state index < -0.39 is 10.6 Å². The standard InChI is InChI=1S/C19H14N4O4/c24-13-16(23(26)27)11-20-17-12-22(15-9-5-2-6-10-15)21-18(17)19(25)14-7-3-1-4-8-14/h1-13,20H/b16-11-. The highest BCUT2D eigenvalue weighted by Crippen LogP contribution is 2.21. The number of rotatable bonds is 7. The third-order valence-corrected chi connectivity index (χ3v) is 3.69. The zero-order valence-electron chi connectivity index (χ0n) is 14.0. The van der Waals surface area contributed by atoms with Crippen LogP contribution >= 0.6 is 0 Å². The molecule has 0 saturated heterocycles. The summed E-state index contributed by atoms with van der Waals surface area (Å²) in [5.41, 5.74) is 0.790. The highest BCUT2D eigenvalue weighted by Gasteiger charge is 2.19. The number of hydrogen-bond donors (Lipinski definition) is 1.